The van der Waals surface area contributed by atoms with E-state index in [4.69, 9.17) is 24.5 Å². The third-order valence-corrected chi connectivity index (χ3v) is 2.76. The Hall–Kier alpha value is -2.37. The molecule has 0 spiro atoms. The molecule has 0 atom stereocenters. The summed E-state index contributed by atoms with van der Waals surface area (Å²) in [5.41, 5.74) is 7.15. The molecule has 94 valence electrons. The number of anilines is 1. The minimum absolute atomic E-state index is 0.241. The molecular weight excluding hydrogens is 236 g/mol. The van der Waals surface area contributed by atoms with Crippen molar-refractivity contribution in [3.05, 3.63) is 18.3 Å². The molecule has 0 amide bonds. The van der Waals surface area contributed by atoms with E-state index in [1.165, 1.54) is 0 Å². The SMILES string of the molecule is COc1c(-c2cnoc2N)ccc2c1OCCO2. The Labute approximate surface area is 103 Å². The van der Waals surface area contributed by atoms with E-state index in [2.05, 4.69) is 5.16 Å². The summed E-state index contributed by atoms with van der Waals surface area (Å²) in [6, 6.07) is 3.66. The molecule has 6 heteroatoms. The van der Waals surface area contributed by atoms with Crippen molar-refractivity contribution < 1.29 is 18.7 Å². The minimum atomic E-state index is 0.241. The minimum Gasteiger partial charge on any atom is -0.492 e. The third kappa shape index (κ3) is 1.54. The summed E-state index contributed by atoms with van der Waals surface area (Å²) in [6.07, 6.45) is 1.54. The molecule has 2 heterocycles. The molecule has 0 fully saturated rings. The number of methoxy groups -OCH3 is 1. The van der Waals surface area contributed by atoms with E-state index < -0.39 is 0 Å². The second-order valence-corrected chi connectivity index (χ2v) is 3.77. The van der Waals surface area contributed by atoms with Crippen LogP contribution in [0.3, 0.4) is 0 Å². The topological polar surface area (TPSA) is 79.7 Å². The maximum absolute atomic E-state index is 5.72. The highest BCUT2D eigenvalue weighted by atomic mass is 16.6. The Balaban J connectivity index is 2.19. The molecule has 1 aliphatic rings. The van der Waals surface area contributed by atoms with Crippen LogP contribution in [0.4, 0.5) is 5.88 Å². The van der Waals surface area contributed by atoms with Gasteiger partial charge in [-0.05, 0) is 12.1 Å². The number of nitrogen functional groups attached to an aromatic ring is 1. The lowest BCUT2D eigenvalue weighted by molar-refractivity contribution is 0.165. The first-order valence-electron chi connectivity index (χ1n) is 5.48. The molecule has 0 unspecified atom stereocenters. The highest BCUT2D eigenvalue weighted by molar-refractivity contribution is 5.81. The van der Waals surface area contributed by atoms with E-state index in [9.17, 15) is 0 Å². The van der Waals surface area contributed by atoms with Crippen LogP contribution in [0.25, 0.3) is 11.1 Å². The van der Waals surface area contributed by atoms with Gasteiger partial charge in [-0.1, -0.05) is 5.16 Å². The number of benzene rings is 1. The summed E-state index contributed by atoms with van der Waals surface area (Å²) in [7, 11) is 1.57. The Morgan fingerprint density at radius 3 is 2.78 bits per heavy atom. The molecule has 1 aromatic carbocycles. The van der Waals surface area contributed by atoms with Gasteiger partial charge in [-0.3, -0.25) is 0 Å². The molecule has 0 bridgehead atoms. The van der Waals surface area contributed by atoms with Gasteiger partial charge in [0.2, 0.25) is 11.6 Å². The van der Waals surface area contributed by atoms with Gasteiger partial charge in [0.05, 0.1) is 18.9 Å². The van der Waals surface area contributed by atoms with Crippen LogP contribution in [-0.4, -0.2) is 25.5 Å². The van der Waals surface area contributed by atoms with Crippen molar-refractivity contribution in [1.29, 1.82) is 0 Å². The molecule has 2 N–H and O–H groups in total. The summed E-state index contributed by atoms with van der Waals surface area (Å²) in [5, 5.41) is 3.66. The summed E-state index contributed by atoms with van der Waals surface area (Å²) < 4.78 is 21.3. The van der Waals surface area contributed by atoms with Gasteiger partial charge in [0.25, 0.3) is 0 Å². The standard InChI is InChI=1S/C12H12N2O4/c1-15-10-7(8-6-14-18-12(8)13)2-3-9-11(10)17-5-4-16-9/h2-3,6H,4-5,13H2,1H3. The molecule has 1 aromatic heterocycles. The first-order chi connectivity index (χ1) is 8.81. The molecule has 0 radical (unpaired) electrons. The number of nitrogens with zero attached hydrogens (tertiary/aromatic N) is 1. The molecule has 0 saturated carbocycles. The number of hydrogen-bond acceptors (Lipinski definition) is 6. The first kappa shape index (κ1) is 10.8. The molecular formula is C12H12N2O4. The molecule has 1 aliphatic heterocycles. The lowest BCUT2D eigenvalue weighted by atomic mass is 10.1. The average molecular weight is 248 g/mol. The second kappa shape index (κ2) is 4.14. The molecule has 18 heavy (non-hydrogen) atoms. The van der Waals surface area contributed by atoms with E-state index in [0.29, 0.717) is 36.0 Å². The van der Waals surface area contributed by atoms with Crippen molar-refractivity contribution in [3.8, 4) is 28.4 Å². The fourth-order valence-electron chi connectivity index (χ4n) is 1.96. The summed E-state index contributed by atoms with van der Waals surface area (Å²) >= 11 is 0. The normalized spacial score (nSPS) is 13.4. The number of fused-ring (bicyclic) bond motifs is 1. The fourth-order valence-corrected chi connectivity index (χ4v) is 1.96. The van der Waals surface area contributed by atoms with Crippen molar-refractivity contribution in [2.75, 3.05) is 26.1 Å². The molecule has 0 saturated heterocycles. The van der Waals surface area contributed by atoms with Crippen molar-refractivity contribution in [1.82, 2.24) is 5.16 Å². The van der Waals surface area contributed by atoms with Crippen LogP contribution in [0, 0.1) is 0 Å². The molecule has 6 nitrogen and oxygen atoms in total. The van der Waals surface area contributed by atoms with Gasteiger partial charge in [-0.2, -0.15) is 0 Å². The number of ether oxygens (including phenoxy) is 3. The van der Waals surface area contributed by atoms with Gasteiger partial charge in [0.15, 0.2) is 11.5 Å². The monoisotopic (exact) mass is 248 g/mol. The maximum atomic E-state index is 5.72. The summed E-state index contributed by atoms with van der Waals surface area (Å²) in [4.78, 5) is 0. The Kier molecular flexibility index (Phi) is 2.47. The lowest BCUT2D eigenvalue weighted by Crippen LogP contribution is -2.16. The number of aromatic nitrogens is 1. The smallest absolute Gasteiger partial charge is 0.230 e. The molecule has 2 aromatic rings. The van der Waals surface area contributed by atoms with Crippen LogP contribution in [-0.2, 0) is 0 Å². The largest absolute Gasteiger partial charge is 0.492 e. The zero-order chi connectivity index (χ0) is 12.5. The number of nitrogens with two attached hydrogens (primary N) is 1. The zero-order valence-electron chi connectivity index (χ0n) is 9.80. The van der Waals surface area contributed by atoms with E-state index in [1.807, 2.05) is 12.1 Å². The van der Waals surface area contributed by atoms with E-state index in [1.54, 1.807) is 13.3 Å². The van der Waals surface area contributed by atoms with E-state index in [-0.39, 0.29) is 5.88 Å². The Morgan fingerprint density at radius 1 is 1.22 bits per heavy atom. The Morgan fingerprint density at radius 2 is 2.06 bits per heavy atom. The van der Waals surface area contributed by atoms with Gasteiger partial charge >= 0.3 is 0 Å². The lowest BCUT2D eigenvalue weighted by Gasteiger charge is -2.21. The van der Waals surface area contributed by atoms with E-state index >= 15 is 0 Å². The van der Waals surface area contributed by atoms with Gasteiger partial charge in [-0.15, -0.1) is 0 Å². The zero-order valence-corrected chi connectivity index (χ0v) is 9.80. The predicted octanol–water partition coefficient (Wildman–Crippen LogP) is 1.70. The third-order valence-electron chi connectivity index (χ3n) is 2.76. The Bertz CT molecular complexity index is 579. The van der Waals surface area contributed by atoms with Gasteiger partial charge in [-0.25, -0.2) is 0 Å². The summed E-state index contributed by atoms with van der Waals surface area (Å²) in [5.74, 6) is 2.06. The highest BCUT2D eigenvalue weighted by Gasteiger charge is 2.22. The number of hydrogen-bond donors (Lipinski definition) is 1. The molecule has 0 aliphatic carbocycles. The second-order valence-electron chi connectivity index (χ2n) is 3.77. The average Bonchev–Trinajstić information content (AvgIpc) is 2.83. The van der Waals surface area contributed by atoms with Crippen LogP contribution in [0.1, 0.15) is 0 Å². The van der Waals surface area contributed by atoms with Gasteiger partial charge in [0.1, 0.15) is 13.2 Å². The van der Waals surface area contributed by atoms with Crippen molar-refractivity contribution in [2.45, 2.75) is 0 Å². The van der Waals surface area contributed by atoms with Gasteiger partial charge < -0.3 is 24.5 Å². The van der Waals surface area contributed by atoms with Crippen LogP contribution >= 0.6 is 0 Å². The van der Waals surface area contributed by atoms with Crippen LogP contribution in [0.15, 0.2) is 22.9 Å². The molecule has 3 rings (SSSR count). The van der Waals surface area contributed by atoms with Crippen molar-refractivity contribution in [2.24, 2.45) is 0 Å². The van der Waals surface area contributed by atoms with Crippen LogP contribution in [0.2, 0.25) is 0 Å². The van der Waals surface area contributed by atoms with E-state index in [0.717, 1.165) is 5.56 Å². The highest BCUT2D eigenvalue weighted by Crippen LogP contribution is 2.46. The number of rotatable bonds is 2. The maximum Gasteiger partial charge on any atom is 0.230 e. The summed E-state index contributed by atoms with van der Waals surface area (Å²) in [6.45, 7) is 1.02. The van der Waals surface area contributed by atoms with Crippen molar-refractivity contribution >= 4 is 5.88 Å². The van der Waals surface area contributed by atoms with Gasteiger partial charge in [0, 0.05) is 5.56 Å². The van der Waals surface area contributed by atoms with Crippen LogP contribution in [0.5, 0.6) is 17.2 Å². The van der Waals surface area contributed by atoms with Crippen LogP contribution < -0.4 is 19.9 Å². The first-order valence-corrected chi connectivity index (χ1v) is 5.48. The quantitative estimate of drug-likeness (QED) is 0.871. The predicted molar refractivity (Wildman–Crippen MR) is 63.9 cm³/mol. The van der Waals surface area contributed by atoms with Crippen molar-refractivity contribution in [3.63, 3.8) is 0 Å². The fraction of sp³-hybridized carbons (Fsp3) is 0.250.